The molecule has 2 aromatic carbocycles. The van der Waals surface area contributed by atoms with E-state index in [0.29, 0.717) is 13.0 Å². The van der Waals surface area contributed by atoms with Gasteiger partial charge in [0.05, 0.1) is 13.7 Å². The summed E-state index contributed by atoms with van der Waals surface area (Å²) in [5.74, 6) is 2.24. The first-order valence-corrected chi connectivity index (χ1v) is 10.5. The Morgan fingerprint density at radius 1 is 1.03 bits per heavy atom. The van der Waals surface area contributed by atoms with Crippen molar-refractivity contribution in [3.8, 4) is 11.5 Å². The summed E-state index contributed by atoms with van der Waals surface area (Å²) in [6, 6.07) is 16.2. The second kappa shape index (κ2) is 10.3. The van der Waals surface area contributed by atoms with Crippen molar-refractivity contribution in [1.82, 2.24) is 9.80 Å². The van der Waals surface area contributed by atoms with Gasteiger partial charge in [-0.3, -0.25) is 9.69 Å². The van der Waals surface area contributed by atoms with Gasteiger partial charge in [0.15, 0.2) is 0 Å². The number of benzene rings is 2. The molecule has 0 aromatic heterocycles. The van der Waals surface area contributed by atoms with Crippen LogP contribution in [-0.2, 0) is 11.3 Å². The molecule has 5 nitrogen and oxygen atoms in total. The second-order valence-electron chi connectivity index (χ2n) is 7.58. The molecule has 0 aliphatic carbocycles. The average molecular weight is 397 g/mol. The second-order valence-corrected chi connectivity index (χ2v) is 7.58. The Morgan fingerprint density at radius 2 is 1.72 bits per heavy atom. The lowest BCUT2D eigenvalue weighted by Crippen LogP contribution is -2.48. The number of carbonyl (C=O) groups excluding carboxylic acids is 1. The summed E-state index contributed by atoms with van der Waals surface area (Å²) in [6.45, 7) is 9.00. The van der Waals surface area contributed by atoms with Crippen LogP contribution in [0.4, 0.5) is 0 Å². The number of hydrogen-bond acceptors (Lipinski definition) is 4. The van der Waals surface area contributed by atoms with Crippen LogP contribution in [0.1, 0.15) is 37.3 Å². The van der Waals surface area contributed by atoms with E-state index in [1.807, 2.05) is 48.2 Å². The minimum Gasteiger partial charge on any atom is -0.497 e. The molecule has 0 radical (unpaired) electrons. The Labute approximate surface area is 174 Å². The number of hydrogen-bond donors (Lipinski definition) is 0. The Balaban J connectivity index is 1.49. The smallest absolute Gasteiger partial charge is 0.223 e. The van der Waals surface area contributed by atoms with Crippen LogP contribution < -0.4 is 9.47 Å². The third-order valence-corrected chi connectivity index (χ3v) is 5.56. The molecule has 1 aliphatic heterocycles. The molecule has 1 unspecified atom stereocenters. The zero-order valence-electron chi connectivity index (χ0n) is 17.8. The topological polar surface area (TPSA) is 42.0 Å². The van der Waals surface area contributed by atoms with Gasteiger partial charge in [0.2, 0.25) is 5.91 Å². The van der Waals surface area contributed by atoms with Crippen LogP contribution in [0.15, 0.2) is 48.5 Å². The van der Waals surface area contributed by atoms with E-state index in [4.69, 9.17) is 9.47 Å². The van der Waals surface area contributed by atoms with Gasteiger partial charge < -0.3 is 14.4 Å². The van der Waals surface area contributed by atoms with Gasteiger partial charge in [-0.15, -0.1) is 0 Å². The quantitative estimate of drug-likeness (QED) is 0.678. The Kier molecular flexibility index (Phi) is 7.53. The fourth-order valence-electron chi connectivity index (χ4n) is 3.77. The van der Waals surface area contributed by atoms with Crippen molar-refractivity contribution in [2.75, 3.05) is 39.9 Å². The van der Waals surface area contributed by atoms with Crippen LogP contribution >= 0.6 is 0 Å². The summed E-state index contributed by atoms with van der Waals surface area (Å²) in [5.41, 5.74) is 2.38. The number of methoxy groups -OCH3 is 1. The van der Waals surface area contributed by atoms with Crippen molar-refractivity contribution in [2.24, 2.45) is 0 Å². The molecule has 0 saturated carbocycles. The molecular weight excluding hydrogens is 364 g/mol. The maximum atomic E-state index is 12.8. The maximum absolute atomic E-state index is 12.8. The van der Waals surface area contributed by atoms with Crippen molar-refractivity contribution < 1.29 is 14.3 Å². The summed E-state index contributed by atoms with van der Waals surface area (Å²) < 4.78 is 11.0. The fourth-order valence-corrected chi connectivity index (χ4v) is 3.77. The lowest BCUT2D eigenvalue weighted by molar-refractivity contribution is -0.133. The Hall–Kier alpha value is -2.53. The van der Waals surface area contributed by atoms with Crippen molar-refractivity contribution in [2.45, 2.75) is 32.7 Å². The van der Waals surface area contributed by atoms with E-state index >= 15 is 0 Å². The molecule has 1 aliphatic rings. The number of nitrogens with zero attached hydrogens (tertiary/aromatic N) is 2. The number of ether oxygens (including phenoxy) is 2. The molecule has 1 amide bonds. The number of para-hydroxylation sites is 1. The predicted octanol–water partition coefficient (Wildman–Crippen LogP) is 3.93. The lowest BCUT2D eigenvalue weighted by atomic mass is 9.97. The van der Waals surface area contributed by atoms with E-state index in [1.165, 1.54) is 11.1 Å². The number of rotatable bonds is 8. The van der Waals surface area contributed by atoms with Gasteiger partial charge in [0.1, 0.15) is 11.5 Å². The van der Waals surface area contributed by atoms with Gasteiger partial charge >= 0.3 is 0 Å². The van der Waals surface area contributed by atoms with Crippen LogP contribution in [0.5, 0.6) is 11.5 Å². The first kappa shape index (κ1) is 21.2. The summed E-state index contributed by atoms with van der Waals surface area (Å²) in [5, 5.41) is 0. The zero-order valence-corrected chi connectivity index (χ0v) is 17.8. The molecule has 29 heavy (non-hydrogen) atoms. The van der Waals surface area contributed by atoms with Crippen molar-refractivity contribution in [1.29, 1.82) is 0 Å². The Morgan fingerprint density at radius 3 is 2.38 bits per heavy atom. The van der Waals surface area contributed by atoms with Crippen molar-refractivity contribution in [3.63, 3.8) is 0 Å². The van der Waals surface area contributed by atoms with E-state index in [0.717, 1.165) is 44.2 Å². The number of piperazine rings is 1. The molecule has 5 heteroatoms. The van der Waals surface area contributed by atoms with E-state index in [1.54, 1.807) is 7.11 Å². The van der Waals surface area contributed by atoms with Crippen LogP contribution in [0, 0.1) is 0 Å². The highest BCUT2D eigenvalue weighted by atomic mass is 16.5. The van der Waals surface area contributed by atoms with Crippen LogP contribution in [0.25, 0.3) is 0 Å². The monoisotopic (exact) mass is 396 g/mol. The largest absolute Gasteiger partial charge is 0.497 e. The molecule has 0 N–H and O–H groups in total. The van der Waals surface area contributed by atoms with Crippen molar-refractivity contribution in [3.05, 3.63) is 59.7 Å². The van der Waals surface area contributed by atoms with E-state index in [2.05, 4.69) is 24.0 Å². The molecule has 1 atom stereocenters. The highest BCUT2D eigenvalue weighted by Crippen LogP contribution is 2.24. The minimum atomic E-state index is 0.199. The van der Waals surface area contributed by atoms with Gasteiger partial charge in [-0.1, -0.05) is 37.3 Å². The molecule has 1 fully saturated rings. The number of carbonyl (C=O) groups is 1. The normalized spacial score (nSPS) is 15.8. The van der Waals surface area contributed by atoms with Gasteiger partial charge in [-0.2, -0.15) is 0 Å². The SMILES string of the molecule is CCOc1ccccc1CN1CCN(C(=O)CC(C)c2ccc(OC)cc2)CC1. The van der Waals surface area contributed by atoms with Crippen molar-refractivity contribution >= 4 is 5.91 Å². The summed E-state index contributed by atoms with van der Waals surface area (Å²) >= 11 is 0. The summed E-state index contributed by atoms with van der Waals surface area (Å²) in [4.78, 5) is 17.2. The standard InChI is InChI=1S/C24H32N2O3/c1-4-29-23-8-6-5-7-21(23)18-25-13-15-26(16-14-25)24(27)17-19(2)20-9-11-22(28-3)12-10-20/h5-12,19H,4,13-18H2,1-3H3. The van der Waals surface area contributed by atoms with E-state index < -0.39 is 0 Å². The third-order valence-electron chi connectivity index (χ3n) is 5.56. The molecule has 0 bridgehead atoms. The minimum absolute atomic E-state index is 0.199. The van der Waals surface area contributed by atoms with E-state index in [-0.39, 0.29) is 11.8 Å². The summed E-state index contributed by atoms with van der Waals surface area (Å²) in [6.07, 6.45) is 0.541. The first-order chi connectivity index (χ1) is 14.1. The van der Waals surface area contributed by atoms with Gasteiger partial charge in [-0.05, 0) is 36.6 Å². The predicted molar refractivity (Wildman–Crippen MR) is 115 cm³/mol. The molecule has 2 aromatic rings. The molecule has 0 spiro atoms. The molecule has 156 valence electrons. The van der Waals surface area contributed by atoms with Gasteiger partial charge in [-0.25, -0.2) is 0 Å². The highest BCUT2D eigenvalue weighted by Gasteiger charge is 2.23. The lowest BCUT2D eigenvalue weighted by Gasteiger charge is -2.35. The molecule has 1 saturated heterocycles. The first-order valence-electron chi connectivity index (χ1n) is 10.5. The zero-order chi connectivity index (χ0) is 20.6. The summed E-state index contributed by atoms with van der Waals surface area (Å²) in [7, 11) is 1.66. The molecule has 1 heterocycles. The van der Waals surface area contributed by atoms with Gasteiger partial charge in [0, 0.05) is 44.7 Å². The Bertz CT molecular complexity index is 783. The maximum Gasteiger partial charge on any atom is 0.223 e. The fraction of sp³-hybridized carbons (Fsp3) is 0.458. The van der Waals surface area contributed by atoms with Crippen LogP contribution in [-0.4, -0.2) is 55.6 Å². The third kappa shape index (κ3) is 5.73. The van der Waals surface area contributed by atoms with Crippen LogP contribution in [0.2, 0.25) is 0 Å². The molecular formula is C24H32N2O3. The van der Waals surface area contributed by atoms with Crippen LogP contribution in [0.3, 0.4) is 0 Å². The molecule has 3 rings (SSSR count). The average Bonchev–Trinajstić information content (AvgIpc) is 2.76. The van der Waals surface area contributed by atoms with Gasteiger partial charge in [0.25, 0.3) is 0 Å². The van der Waals surface area contributed by atoms with E-state index in [9.17, 15) is 4.79 Å². The number of amides is 1. The highest BCUT2D eigenvalue weighted by molar-refractivity contribution is 5.77.